The molecule has 9 nitrogen and oxygen atoms in total. The van der Waals surface area contributed by atoms with E-state index < -0.39 is 5.69 Å². The number of H-pyrrole nitrogens is 3. The second-order valence-corrected chi connectivity index (χ2v) is 2.20. The summed E-state index contributed by atoms with van der Waals surface area (Å²) in [6, 6.07) is 0. The highest BCUT2D eigenvalue weighted by Gasteiger charge is 2.08. The zero-order valence-electron chi connectivity index (χ0n) is 6.85. The van der Waals surface area contributed by atoms with Crippen LogP contribution in [0.15, 0.2) is 11.1 Å². The Morgan fingerprint density at radius 1 is 1.57 bits per heavy atom. The van der Waals surface area contributed by atoms with E-state index >= 15 is 0 Å². The number of aromatic nitrogens is 4. The summed E-state index contributed by atoms with van der Waals surface area (Å²) in [6.45, 7) is 0. The average molecular weight is 194 g/mol. The van der Waals surface area contributed by atoms with Crippen LogP contribution < -0.4 is 16.4 Å². The molecule has 14 heavy (non-hydrogen) atoms. The Morgan fingerprint density at radius 2 is 2.21 bits per heavy atom. The van der Waals surface area contributed by atoms with Crippen molar-refractivity contribution in [2.24, 2.45) is 0 Å². The van der Waals surface area contributed by atoms with Crippen LogP contribution in [0.2, 0.25) is 0 Å². The van der Waals surface area contributed by atoms with E-state index in [2.05, 4.69) is 19.9 Å². The van der Waals surface area contributed by atoms with Crippen LogP contribution in [-0.2, 0) is 0 Å². The lowest BCUT2D eigenvalue weighted by molar-refractivity contribution is -0.347. The number of aromatic amines is 3. The highest BCUT2D eigenvalue weighted by molar-refractivity contribution is 5.77. The standard InChI is InChI=1S/C5H5N5O.N3/c6-3-2-4(8-1-7-2)10-5(11)9-3;1-3-2/h1H,(H4,6,7,8,9,10,11);/q;-1/p+1. The lowest BCUT2D eigenvalue weighted by Gasteiger charge is -1.85. The molecule has 0 aromatic carbocycles. The third kappa shape index (κ3) is 1.79. The third-order valence-corrected chi connectivity index (χ3v) is 1.39. The zero-order chi connectivity index (χ0) is 10.6. The van der Waals surface area contributed by atoms with Crippen LogP contribution in [-0.4, -0.2) is 15.0 Å². The van der Waals surface area contributed by atoms with E-state index in [1.54, 1.807) is 6.33 Å². The maximum atomic E-state index is 10.7. The van der Waals surface area contributed by atoms with Crippen molar-refractivity contribution < 1.29 is 4.98 Å². The Morgan fingerprint density at radius 3 is 2.86 bits per heavy atom. The molecule has 72 valence electrons. The van der Waals surface area contributed by atoms with Gasteiger partial charge < -0.3 is 16.8 Å². The summed E-state index contributed by atoms with van der Waals surface area (Å²) in [5, 5.41) is 0. The van der Waals surface area contributed by atoms with Gasteiger partial charge in [-0.25, -0.2) is 9.78 Å². The van der Waals surface area contributed by atoms with Crippen molar-refractivity contribution in [1.29, 1.82) is 0 Å². The minimum Gasteiger partial charge on any atom is -0.382 e. The smallest absolute Gasteiger partial charge is 0.382 e. The van der Waals surface area contributed by atoms with Crippen LogP contribution in [0.1, 0.15) is 0 Å². The summed E-state index contributed by atoms with van der Waals surface area (Å²) in [5.74, 6) is 0.293. The van der Waals surface area contributed by atoms with Gasteiger partial charge >= 0.3 is 11.3 Å². The quantitative estimate of drug-likeness (QED) is 0.293. The molecule has 0 saturated heterocycles. The number of hydrogen-bond acceptors (Lipinski definition) is 3. The van der Waals surface area contributed by atoms with Crippen molar-refractivity contribution in [3.8, 4) is 0 Å². The summed E-state index contributed by atoms with van der Waals surface area (Å²) < 4.78 is 0. The first-order valence-corrected chi connectivity index (χ1v) is 3.42. The van der Waals surface area contributed by atoms with Gasteiger partial charge in [-0.2, -0.15) is 0 Å². The molecule has 0 unspecified atom stereocenters. The minimum atomic E-state index is -0.453. The van der Waals surface area contributed by atoms with E-state index in [9.17, 15) is 4.79 Å². The van der Waals surface area contributed by atoms with Gasteiger partial charge in [-0.15, -0.1) is 0 Å². The fourth-order valence-electron chi connectivity index (χ4n) is 0.918. The Hall–Kier alpha value is -2.54. The van der Waals surface area contributed by atoms with Crippen molar-refractivity contribution >= 4 is 17.0 Å². The van der Waals surface area contributed by atoms with Crippen molar-refractivity contribution in [3.05, 3.63) is 32.8 Å². The van der Waals surface area contributed by atoms with Gasteiger partial charge in [0.1, 0.15) is 0 Å². The molecule has 0 aliphatic heterocycles. The first-order valence-electron chi connectivity index (χ1n) is 3.42. The van der Waals surface area contributed by atoms with Gasteiger partial charge in [0.2, 0.25) is 5.52 Å². The summed E-state index contributed by atoms with van der Waals surface area (Å²) in [5.41, 5.74) is 19.6. The average Bonchev–Trinajstić information content (AvgIpc) is 2.53. The molecule has 2 aromatic heterocycles. The molecule has 0 spiro atoms. The lowest BCUT2D eigenvalue weighted by Crippen LogP contribution is -2.15. The lowest BCUT2D eigenvalue weighted by atomic mass is 10.5. The predicted octanol–water partition coefficient (Wildman–Crippen LogP) is -0.486. The fraction of sp³-hybridized carbons (Fsp3) is 0. The molecule has 0 bridgehead atoms. The molecule has 2 rings (SSSR count). The van der Waals surface area contributed by atoms with Gasteiger partial charge in [-0.05, 0) is 4.98 Å². The molecule has 0 aliphatic carbocycles. The van der Waals surface area contributed by atoms with Crippen LogP contribution in [0.4, 0.5) is 5.82 Å². The minimum absolute atomic E-state index is 0.293. The predicted molar refractivity (Wildman–Crippen MR) is 47.8 cm³/mol. The molecule has 0 atom stereocenters. The number of rotatable bonds is 0. The molecule has 0 fully saturated rings. The summed E-state index contributed by atoms with van der Waals surface area (Å²) in [7, 11) is 0. The third-order valence-electron chi connectivity index (χ3n) is 1.39. The number of nitrogens with one attached hydrogen (secondary N) is 3. The van der Waals surface area contributed by atoms with Gasteiger partial charge in [0.05, 0.1) is 0 Å². The summed E-state index contributed by atoms with van der Waals surface area (Å²) >= 11 is 0. The monoisotopic (exact) mass is 194 g/mol. The largest absolute Gasteiger partial charge is 0.419 e. The molecular weight excluding hydrogens is 188 g/mol. The molecule has 9 heteroatoms. The Kier molecular flexibility index (Phi) is 2.67. The normalized spacial score (nSPS) is 8.86. The number of imidazole rings is 1. The van der Waals surface area contributed by atoms with Gasteiger partial charge in [-0.1, -0.05) is 0 Å². The van der Waals surface area contributed by atoms with E-state index in [0.717, 1.165) is 0 Å². The van der Waals surface area contributed by atoms with Crippen LogP contribution >= 0.6 is 0 Å². The van der Waals surface area contributed by atoms with Crippen molar-refractivity contribution in [2.75, 3.05) is 5.73 Å². The SMILES string of the molecule is Nc1[nH]c(=O)nc2[nH+]c[nH]c12.[N-]=[N+]=[N-]. The van der Waals surface area contributed by atoms with Gasteiger partial charge in [0.15, 0.2) is 12.1 Å². The van der Waals surface area contributed by atoms with Gasteiger partial charge in [-0.3, -0.25) is 14.9 Å². The van der Waals surface area contributed by atoms with E-state index in [1.165, 1.54) is 4.91 Å². The first-order chi connectivity index (χ1) is 6.69. The molecule has 2 aromatic rings. The Bertz CT molecular complexity index is 518. The first kappa shape index (κ1) is 9.55. The highest BCUT2D eigenvalue weighted by atomic mass is 16.1. The van der Waals surface area contributed by atoms with Gasteiger partial charge in [0.25, 0.3) is 0 Å². The zero-order valence-corrected chi connectivity index (χ0v) is 6.85. The van der Waals surface area contributed by atoms with Crippen molar-refractivity contribution in [3.63, 3.8) is 0 Å². The van der Waals surface area contributed by atoms with Crippen molar-refractivity contribution in [2.45, 2.75) is 0 Å². The van der Waals surface area contributed by atoms with Crippen LogP contribution in [0.5, 0.6) is 0 Å². The fourth-order valence-corrected chi connectivity index (χ4v) is 0.918. The van der Waals surface area contributed by atoms with E-state index in [1.807, 2.05) is 0 Å². The van der Waals surface area contributed by atoms with Crippen LogP contribution in [0, 0.1) is 0 Å². The Labute approximate surface area is 76.4 Å². The van der Waals surface area contributed by atoms with E-state index in [4.69, 9.17) is 16.8 Å². The summed E-state index contributed by atoms with van der Waals surface area (Å²) in [6.07, 6.45) is 1.56. The van der Waals surface area contributed by atoms with E-state index in [-0.39, 0.29) is 0 Å². The van der Waals surface area contributed by atoms with Crippen molar-refractivity contribution in [1.82, 2.24) is 15.0 Å². The number of nitrogen functional groups attached to an aromatic ring is 1. The maximum Gasteiger partial charge on any atom is 0.419 e. The molecule has 5 N–H and O–H groups in total. The van der Waals surface area contributed by atoms with E-state index in [0.29, 0.717) is 17.0 Å². The molecule has 0 amide bonds. The topological polar surface area (TPSA) is 160 Å². The highest BCUT2D eigenvalue weighted by Crippen LogP contribution is 2.04. The second kappa shape index (κ2) is 3.92. The Balaban J connectivity index is 0.000000293. The maximum absolute atomic E-state index is 10.7. The summed E-state index contributed by atoms with van der Waals surface area (Å²) in [4.78, 5) is 23.7. The van der Waals surface area contributed by atoms with Crippen LogP contribution in [0.25, 0.3) is 27.1 Å². The van der Waals surface area contributed by atoms with Gasteiger partial charge in [0, 0.05) is 0 Å². The number of anilines is 1. The second-order valence-electron chi connectivity index (χ2n) is 2.20. The molecule has 0 aliphatic rings. The number of nitrogens with two attached hydrogens (primary N) is 1. The molecule has 0 saturated carbocycles. The molecular formula is C5H6N8O. The number of fused-ring (bicyclic) bond motifs is 1. The number of hydrogen-bond donors (Lipinski definition) is 3. The number of nitrogens with zero attached hydrogens (tertiary/aromatic N) is 4. The van der Waals surface area contributed by atoms with Crippen LogP contribution in [0.3, 0.4) is 0 Å². The molecule has 0 radical (unpaired) electrons. The molecule has 2 heterocycles.